The summed E-state index contributed by atoms with van der Waals surface area (Å²) in [7, 11) is 0. The van der Waals surface area contributed by atoms with E-state index in [1.165, 1.54) is 24.2 Å². The van der Waals surface area contributed by atoms with Gasteiger partial charge in [0.25, 0.3) is 0 Å². The summed E-state index contributed by atoms with van der Waals surface area (Å²) in [6.45, 7) is 10.3. The maximum atomic E-state index is 12.1. The van der Waals surface area contributed by atoms with Crippen LogP contribution in [-0.4, -0.2) is 40.6 Å². The van der Waals surface area contributed by atoms with Gasteiger partial charge in [-0.2, -0.15) is 0 Å². The lowest BCUT2D eigenvalue weighted by Gasteiger charge is -2.34. The zero-order valence-corrected chi connectivity index (χ0v) is 14.2. The van der Waals surface area contributed by atoms with E-state index < -0.39 is 11.5 Å². The van der Waals surface area contributed by atoms with Gasteiger partial charge in [0.1, 0.15) is 6.54 Å². The summed E-state index contributed by atoms with van der Waals surface area (Å²) >= 11 is 0. The molecule has 0 aliphatic carbocycles. The van der Waals surface area contributed by atoms with Crippen molar-refractivity contribution < 1.29 is 14.7 Å². The van der Waals surface area contributed by atoms with Crippen LogP contribution in [0.25, 0.3) is 0 Å². The number of carboxylic acid groups (broad SMARTS) is 1. The minimum Gasteiger partial charge on any atom is -0.480 e. The first-order valence-electron chi connectivity index (χ1n) is 7.92. The number of aliphatic carboxylic acids is 1. The third-order valence-electron chi connectivity index (χ3n) is 3.33. The Hall–Kier alpha value is -1.26. The molecule has 0 saturated heterocycles. The lowest BCUT2D eigenvalue weighted by molar-refractivity contribution is -0.138. The third-order valence-corrected chi connectivity index (χ3v) is 3.33. The largest absolute Gasteiger partial charge is 0.480 e. The number of hydrogen-bond acceptors (Lipinski definition) is 2. The van der Waals surface area contributed by atoms with Gasteiger partial charge in [-0.25, -0.2) is 4.79 Å². The van der Waals surface area contributed by atoms with E-state index in [2.05, 4.69) is 19.2 Å². The van der Waals surface area contributed by atoms with Crippen LogP contribution in [0.3, 0.4) is 0 Å². The fourth-order valence-corrected chi connectivity index (χ4v) is 2.07. The molecule has 21 heavy (non-hydrogen) atoms. The van der Waals surface area contributed by atoms with E-state index in [4.69, 9.17) is 5.11 Å². The molecule has 0 unspecified atom stereocenters. The van der Waals surface area contributed by atoms with Crippen molar-refractivity contribution in [1.82, 2.24) is 10.2 Å². The van der Waals surface area contributed by atoms with E-state index in [0.717, 1.165) is 18.8 Å². The van der Waals surface area contributed by atoms with Crippen LogP contribution >= 0.6 is 0 Å². The van der Waals surface area contributed by atoms with E-state index in [1.807, 2.05) is 20.8 Å². The van der Waals surface area contributed by atoms with Crippen molar-refractivity contribution in [3.63, 3.8) is 0 Å². The van der Waals surface area contributed by atoms with Crippen molar-refractivity contribution in [2.75, 3.05) is 13.1 Å². The highest BCUT2D eigenvalue weighted by Crippen LogP contribution is 2.13. The van der Waals surface area contributed by atoms with E-state index in [1.54, 1.807) is 0 Å². The molecule has 0 fully saturated rings. The highest BCUT2D eigenvalue weighted by Gasteiger charge is 2.27. The maximum absolute atomic E-state index is 12.1. The number of urea groups is 1. The molecule has 0 heterocycles. The maximum Gasteiger partial charge on any atom is 0.323 e. The van der Waals surface area contributed by atoms with Crippen molar-refractivity contribution >= 4 is 12.0 Å². The predicted octanol–water partition coefficient (Wildman–Crippen LogP) is 3.49. The number of hydrogen-bond donors (Lipinski definition) is 2. The second-order valence-electron chi connectivity index (χ2n) is 6.98. The summed E-state index contributed by atoms with van der Waals surface area (Å²) in [6, 6.07) is -0.299. The van der Waals surface area contributed by atoms with Crippen LogP contribution in [0.5, 0.6) is 0 Å². The van der Waals surface area contributed by atoms with Crippen LogP contribution in [-0.2, 0) is 4.79 Å². The Kier molecular flexibility index (Phi) is 9.06. The van der Waals surface area contributed by atoms with Crippen LogP contribution in [0.1, 0.15) is 66.7 Å². The average molecular weight is 300 g/mol. The Morgan fingerprint density at radius 2 is 1.67 bits per heavy atom. The van der Waals surface area contributed by atoms with Crippen molar-refractivity contribution in [3.8, 4) is 0 Å². The lowest BCUT2D eigenvalue weighted by Crippen LogP contribution is -2.52. The summed E-state index contributed by atoms with van der Waals surface area (Å²) in [5.74, 6) is -0.241. The van der Waals surface area contributed by atoms with Gasteiger partial charge in [0.2, 0.25) is 0 Å². The van der Waals surface area contributed by atoms with Crippen LogP contribution in [0.4, 0.5) is 4.79 Å². The second kappa shape index (κ2) is 9.64. The molecule has 0 spiro atoms. The lowest BCUT2D eigenvalue weighted by atomic mass is 10.0. The molecule has 5 nitrogen and oxygen atoms in total. The number of unbranched alkanes of at least 4 members (excludes halogenated alkanes) is 3. The van der Waals surface area contributed by atoms with Gasteiger partial charge in [0.05, 0.1) is 0 Å². The van der Waals surface area contributed by atoms with E-state index in [9.17, 15) is 9.59 Å². The number of carbonyl (C=O) groups excluding carboxylic acids is 1. The van der Waals surface area contributed by atoms with Gasteiger partial charge >= 0.3 is 12.0 Å². The monoisotopic (exact) mass is 300 g/mol. The topological polar surface area (TPSA) is 69.6 Å². The standard InChI is InChI=1S/C16H32N2O3/c1-13(2)10-8-6-7-9-11-17-15(21)18(12-14(19)20)16(3,4)5/h13H,6-12H2,1-5H3,(H,17,21)(H,19,20). The highest BCUT2D eigenvalue weighted by atomic mass is 16.4. The first-order valence-corrected chi connectivity index (χ1v) is 7.92. The molecule has 0 saturated carbocycles. The van der Waals surface area contributed by atoms with Gasteiger partial charge in [-0.1, -0.05) is 39.5 Å². The fourth-order valence-electron chi connectivity index (χ4n) is 2.07. The normalized spacial score (nSPS) is 11.5. The molecule has 0 aromatic heterocycles. The minimum atomic E-state index is -0.992. The predicted molar refractivity (Wildman–Crippen MR) is 85.4 cm³/mol. The molecule has 0 atom stereocenters. The third kappa shape index (κ3) is 10.2. The minimum absolute atomic E-state index is 0.274. The molecule has 0 bridgehead atoms. The fraction of sp³-hybridized carbons (Fsp3) is 0.875. The highest BCUT2D eigenvalue weighted by molar-refractivity contribution is 5.80. The van der Waals surface area contributed by atoms with E-state index in [-0.39, 0.29) is 12.6 Å². The Bertz CT molecular complexity index is 322. The number of amides is 2. The summed E-state index contributed by atoms with van der Waals surface area (Å²) in [6.07, 6.45) is 5.71. The van der Waals surface area contributed by atoms with Gasteiger partial charge in [0, 0.05) is 12.1 Å². The zero-order valence-electron chi connectivity index (χ0n) is 14.2. The smallest absolute Gasteiger partial charge is 0.323 e. The molecular formula is C16H32N2O3. The molecule has 0 aliphatic heterocycles. The second-order valence-corrected chi connectivity index (χ2v) is 6.98. The summed E-state index contributed by atoms with van der Waals surface area (Å²) in [4.78, 5) is 24.3. The first-order chi connectivity index (χ1) is 9.64. The Morgan fingerprint density at radius 3 is 2.14 bits per heavy atom. The Morgan fingerprint density at radius 1 is 1.10 bits per heavy atom. The molecule has 0 aliphatic rings. The zero-order chi connectivity index (χ0) is 16.5. The molecule has 2 amide bonds. The number of nitrogens with zero attached hydrogens (tertiary/aromatic N) is 1. The molecule has 124 valence electrons. The van der Waals surface area contributed by atoms with Crippen molar-refractivity contribution in [2.45, 2.75) is 72.3 Å². The molecule has 0 aromatic carbocycles. The molecule has 0 rings (SSSR count). The van der Waals surface area contributed by atoms with Gasteiger partial charge in [-0.05, 0) is 33.1 Å². The number of carboxylic acids is 1. The molecule has 0 radical (unpaired) electrons. The Labute approximate surface area is 129 Å². The molecule has 2 N–H and O–H groups in total. The van der Waals surface area contributed by atoms with Crippen LogP contribution in [0.15, 0.2) is 0 Å². The van der Waals surface area contributed by atoms with E-state index >= 15 is 0 Å². The SMILES string of the molecule is CC(C)CCCCCCNC(=O)N(CC(=O)O)C(C)(C)C. The van der Waals surface area contributed by atoms with Crippen molar-refractivity contribution in [3.05, 3.63) is 0 Å². The Balaban J connectivity index is 3.96. The van der Waals surface area contributed by atoms with Crippen LogP contribution in [0.2, 0.25) is 0 Å². The number of nitrogens with one attached hydrogen (secondary N) is 1. The summed E-state index contributed by atoms with van der Waals surface area (Å²) < 4.78 is 0. The quantitative estimate of drug-likeness (QED) is 0.640. The van der Waals surface area contributed by atoms with Crippen LogP contribution in [0, 0.1) is 5.92 Å². The molecular weight excluding hydrogens is 268 g/mol. The molecule has 0 aromatic rings. The average Bonchev–Trinajstić information content (AvgIpc) is 2.32. The van der Waals surface area contributed by atoms with Gasteiger partial charge in [-0.3, -0.25) is 4.79 Å². The van der Waals surface area contributed by atoms with Gasteiger partial charge in [0.15, 0.2) is 0 Å². The number of carbonyl (C=O) groups is 2. The first kappa shape index (κ1) is 19.7. The van der Waals surface area contributed by atoms with E-state index in [0.29, 0.717) is 6.54 Å². The van der Waals surface area contributed by atoms with Crippen molar-refractivity contribution in [1.29, 1.82) is 0 Å². The van der Waals surface area contributed by atoms with Gasteiger partial charge < -0.3 is 15.3 Å². The number of rotatable bonds is 9. The van der Waals surface area contributed by atoms with Crippen molar-refractivity contribution in [2.24, 2.45) is 5.92 Å². The molecule has 5 heteroatoms. The summed E-state index contributed by atoms with van der Waals surface area (Å²) in [5, 5.41) is 11.7. The van der Waals surface area contributed by atoms with Crippen LogP contribution < -0.4 is 5.32 Å². The van der Waals surface area contributed by atoms with Gasteiger partial charge in [-0.15, -0.1) is 0 Å². The summed E-state index contributed by atoms with van der Waals surface area (Å²) in [5.41, 5.74) is -0.500.